The average molecular weight is 269 g/mol. The first kappa shape index (κ1) is 8.27. The Bertz CT molecular complexity index is 242. The van der Waals surface area contributed by atoms with Gasteiger partial charge in [-0.05, 0) is 6.92 Å². The molecule has 0 N–H and O–H groups in total. The number of rotatable bonds is 1. The van der Waals surface area contributed by atoms with E-state index >= 15 is 0 Å². The topological polar surface area (TPSA) is 8.81 Å². The number of halogens is 2. The van der Waals surface area contributed by atoms with Crippen LogP contribution in [0.2, 0.25) is 0 Å². The third kappa shape index (κ3) is 1.27. The molecule has 0 unspecified atom stereocenters. The van der Waals surface area contributed by atoms with Crippen molar-refractivity contribution in [1.82, 2.24) is 4.57 Å². The molecule has 10 heavy (non-hydrogen) atoms. The number of aromatic nitrogens is 2. The average Bonchev–Trinajstić information content (AvgIpc) is 2.17. The third-order valence-electron chi connectivity index (χ3n) is 1.39. The van der Waals surface area contributed by atoms with Crippen LogP contribution in [0.15, 0.2) is 15.5 Å². The Morgan fingerprint density at radius 3 is 2.40 bits per heavy atom. The molecular formula is C6H9Br2N2+. The molecule has 2 nitrogen and oxygen atoms in total. The van der Waals surface area contributed by atoms with Gasteiger partial charge in [0.1, 0.15) is 0 Å². The van der Waals surface area contributed by atoms with Crippen LogP contribution in [0.25, 0.3) is 0 Å². The summed E-state index contributed by atoms with van der Waals surface area (Å²) in [4.78, 5) is 0. The standard InChI is InChI=1S/C6H9Br2N2/c1-3-10-4-9(2)5(7)6(10)8/h4H,3H2,1-2H3/q+1. The summed E-state index contributed by atoms with van der Waals surface area (Å²) in [5, 5.41) is 0. The Labute approximate surface area is 77.1 Å². The van der Waals surface area contributed by atoms with Crippen LogP contribution in [0.1, 0.15) is 6.92 Å². The summed E-state index contributed by atoms with van der Waals surface area (Å²) in [6, 6.07) is 0. The maximum atomic E-state index is 3.46. The number of aryl methyl sites for hydroxylation is 2. The molecule has 1 aromatic rings. The van der Waals surface area contributed by atoms with Gasteiger partial charge in [-0.2, -0.15) is 0 Å². The molecule has 0 aliphatic rings. The van der Waals surface area contributed by atoms with Crippen LogP contribution in [-0.4, -0.2) is 4.57 Å². The van der Waals surface area contributed by atoms with Crippen LogP contribution in [0.4, 0.5) is 0 Å². The molecule has 56 valence electrons. The molecule has 0 aliphatic carbocycles. The van der Waals surface area contributed by atoms with Crippen LogP contribution in [0.5, 0.6) is 0 Å². The van der Waals surface area contributed by atoms with Crippen LogP contribution in [-0.2, 0) is 13.6 Å². The van der Waals surface area contributed by atoms with E-state index < -0.39 is 0 Å². The van der Waals surface area contributed by atoms with Crippen LogP contribution in [0, 0.1) is 0 Å². The summed E-state index contributed by atoms with van der Waals surface area (Å²) in [6.45, 7) is 3.09. The zero-order chi connectivity index (χ0) is 7.72. The summed E-state index contributed by atoms with van der Waals surface area (Å²) in [5.74, 6) is 0. The predicted octanol–water partition coefficient (Wildman–Crippen LogP) is 1.86. The first-order valence-corrected chi connectivity index (χ1v) is 4.65. The SMILES string of the molecule is CCn1c[n+](C)c(Br)c1Br. The Hall–Kier alpha value is 0.170. The first-order valence-electron chi connectivity index (χ1n) is 3.06. The molecule has 0 fully saturated rings. The number of imidazole rings is 1. The smallest absolute Gasteiger partial charge is 0.226 e. The molecule has 1 rings (SSSR count). The van der Waals surface area contributed by atoms with E-state index in [9.17, 15) is 0 Å². The lowest BCUT2D eigenvalue weighted by Crippen LogP contribution is -2.26. The van der Waals surface area contributed by atoms with E-state index in [-0.39, 0.29) is 0 Å². The minimum atomic E-state index is 0.986. The van der Waals surface area contributed by atoms with Crippen LogP contribution in [0.3, 0.4) is 0 Å². The molecule has 1 aromatic heterocycles. The summed E-state index contributed by atoms with van der Waals surface area (Å²) >= 11 is 6.89. The van der Waals surface area contributed by atoms with Crippen molar-refractivity contribution in [2.24, 2.45) is 7.05 Å². The molecule has 0 saturated carbocycles. The predicted molar refractivity (Wildman–Crippen MR) is 46.7 cm³/mol. The van der Waals surface area contributed by atoms with E-state index in [2.05, 4.69) is 43.4 Å². The van der Waals surface area contributed by atoms with Gasteiger partial charge in [-0.1, -0.05) is 0 Å². The van der Waals surface area contributed by atoms with E-state index in [4.69, 9.17) is 0 Å². The fraction of sp³-hybridized carbons (Fsp3) is 0.500. The molecule has 4 heteroatoms. The lowest BCUT2D eigenvalue weighted by molar-refractivity contribution is -0.682. The highest BCUT2D eigenvalue weighted by Crippen LogP contribution is 2.18. The Morgan fingerprint density at radius 2 is 2.20 bits per heavy atom. The monoisotopic (exact) mass is 267 g/mol. The molecule has 0 saturated heterocycles. The first-order chi connectivity index (χ1) is 4.66. The maximum absolute atomic E-state index is 3.46. The van der Waals surface area contributed by atoms with Crippen molar-refractivity contribution >= 4 is 31.9 Å². The molecule has 1 heterocycles. The summed E-state index contributed by atoms with van der Waals surface area (Å²) in [6.07, 6.45) is 2.04. The Kier molecular flexibility index (Phi) is 2.52. The molecule has 0 bridgehead atoms. The quantitative estimate of drug-likeness (QED) is 0.688. The third-order valence-corrected chi connectivity index (χ3v) is 3.68. The number of hydrogen-bond donors (Lipinski definition) is 0. The second-order valence-corrected chi connectivity index (χ2v) is 3.60. The van der Waals surface area contributed by atoms with Gasteiger partial charge >= 0.3 is 0 Å². The fourth-order valence-electron chi connectivity index (χ4n) is 0.795. The Balaban J connectivity index is 3.17. The van der Waals surface area contributed by atoms with E-state index in [1.54, 1.807) is 0 Å². The molecular weight excluding hydrogens is 260 g/mol. The van der Waals surface area contributed by atoms with Crippen molar-refractivity contribution in [3.63, 3.8) is 0 Å². The second-order valence-electron chi connectivity index (χ2n) is 2.09. The zero-order valence-electron chi connectivity index (χ0n) is 5.93. The van der Waals surface area contributed by atoms with E-state index in [1.807, 2.05) is 17.9 Å². The van der Waals surface area contributed by atoms with Crippen molar-refractivity contribution in [3.8, 4) is 0 Å². The van der Waals surface area contributed by atoms with Gasteiger partial charge < -0.3 is 0 Å². The van der Waals surface area contributed by atoms with Gasteiger partial charge in [-0.15, -0.1) is 0 Å². The molecule has 0 amide bonds. The minimum absolute atomic E-state index is 0.986. The normalized spacial score (nSPS) is 10.4. The van der Waals surface area contributed by atoms with Crippen LogP contribution < -0.4 is 4.57 Å². The highest BCUT2D eigenvalue weighted by atomic mass is 79.9. The van der Waals surface area contributed by atoms with Crippen molar-refractivity contribution in [1.29, 1.82) is 0 Å². The Morgan fingerprint density at radius 1 is 1.60 bits per heavy atom. The molecule has 0 aromatic carbocycles. The highest BCUT2D eigenvalue weighted by molar-refractivity contribution is 9.13. The van der Waals surface area contributed by atoms with Crippen molar-refractivity contribution < 1.29 is 4.57 Å². The van der Waals surface area contributed by atoms with E-state index in [1.165, 1.54) is 0 Å². The fourth-order valence-corrected chi connectivity index (χ4v) is 1.74. The van der Waals surface area contributed by atoms with Gasteiger partial charge in [-0.3, -0.25) is 0 Å². The van der Waals surface area contributed by atoms with E-state index in [0.717, 1.165) is 15.8 Å². The van der Waals surface area contributed by atoms with Gasteiger partial charge in [0.2, 0.25) is 15.5 Å². The largest absolute Gasteiger partial charge is 0.245 e. The van der Waals surface area contributed by atoms with Gasteiger partial charge in [0.05, 0.1) is 13.6 Å². The van der Waals surface area contributed by atoms with Crippen LogP contribution >= 0.6 is 31.9 Å². The van der Waals surface area contributed by atoms with Crippen molar-refractivity contribution in [3.05, 3.63) is 15.5 Å². The van der Waals surface area contributed by atoms with Gasteiger partial charge in [0.25, 0.3) is 0 Å². The van der Waals surface area contributed by atoms with Crippen molar-refractivity contribution in [2.75, 3.05) is 0 Å². The van der Waals surface area contributed by atoms with Gasteiger partial charge in [0, 0.05) is 31.9 Å². The number of nitrogens with zero attached hydrogens (tertiary/aromatic N) is 2. The summed E-state index contributed by atoms with van der Waals surface area (Å²) in [5.41, 5.74) is 0. The maximum Gasteiger partial charge on any atom is 0.245 e. The molecule has 0 spiro atoms. The second kappa shape index (κ2) is 3.05. The van der Waals surface area contributed by atoms with Crippen molar-refractivity contribution in [2.45, 2.75) is 13.5 Å². The molecule has 0 aliphatic heterocycles. The lowest BCUT2D eigenvalue weighted by atomic mass is 10.7. The number of hydrogen-bond acceptors (Lipinski definition) is 0. The zero-order valence-corrected chi connectivity index (χ0v) is 9.11. The lowest BCUT2D eigenvalue weighted by Gasteiger charge is -1.86. The summed E-state index contributed by atoms with van der Waals surface area (Å²) < 4.78 is 6.31. The van der Waals surface area contributed by atoms with E-state index in [0.29, 0.717) is 0 Å². The molecule has 0 atom stereocenters. The highest BCUT2D eigenvalue weighted by Gasteiger charge is 2.13. The molecule has 0 radical (unpaired) electrons. The van der Waals surface area contributed by atoms with Gasteiger partial charge in [0.15, 0.2) is 0 Å². The van der Waals surface area contributed by atoms with Gasteiger partial charge in [-0.25, -0.2) is 9.13 Å². The minimum Gasteiger partial charge on any atom is -0.226 e. The summed E-state index contributed by atoms with van der Waals surface area (Å²) in [7, 11) is 2.00.